The van der Waals surface area contributed by atoms with Crippen LogP contribution in [0.3, 0.4) is 0 Å². The Morgan fingerprint density at radius 3 is 2.35 bits per heavy atom. The van der Waals surface area contributed by atoms with Crippen LogP contribution in [-0.2, 0) is 4.79 Å². The number of hydrogen-bond acceptors (Lipinski definition) is 3. The third-order valence-corrected chi connectivity index (χ3v) is 4.42. The van der Waals surface area contributed by atoms with Gasteiger partial charge in [-0.3, -0.25) is 4.79 Å². The molecule has 1 atom stereocenters. The minimum atomic E-state index is 0.176. The highest BCUT2D eigenvalue weighted by Crippen LogP contribution is 2.21. The molecule has 1 amide bonds. The first-order valence-electron chi connectivity index (χ1n) is 7.17. The Kier molecular flexibility index (Phi) is 7.10. The molecule has 0 saturated heterocycles. The molecule has 112 valence electrons. The lowest BCUT2D eigenvalue weighted by Gasteiger charge is -2.21. The van der Waals surface area contributed by atoms with Gasteiger partial charge in [0.1, 0.15) is 0 Å². The van der Waals surface area contributed by atoms with Crippen LogP contribution < -0.4 is 5.32 Å². The van der Waals surface area contributed by atoms with E-state index in [0.29, 0.717) is 11.8 Å². The quantitative estimate of drug-likeness (QED) is 0.783. The fourth-order valence-electron chi connectivity index (χ4n) is 1.81. The molecule has 1 N–H and O–H groups in total. The van der Waals surface area contributed by atoms with Gasteiger partial charge in [-0.15, -0.1) is 11.8 Å². The van der Waals surface area contributed by atoms with Gasteiger partial charge in [0, 0.05) is 24.0 Å². The summed E-state index contributed by atoms with van der Waals surface area (Å²) >= 11 is 1.60. The Morgan fingerprint density at radius 2 is 1.85 bits per heavy atom. The second-order valence-corrected chi connectivity index (χ2v) is 6.28. The van der Waals surface area contributed by atoms with Crippen molar-refractivity contribution in [2.24, 2.45) is 0 Å². The van der Waals surface area contributed by atoms with Gasteiger partial charge in [-0.2, -0.15) is 0 Å². The van der Waals surface area contributed by atoms with Gasteiger partial charge in [-0.25, -0.2) is 0 Å². The van der Waals surface area contributed by atoms with E-state index in [1.165, 1.54) is 5.56 Å². The number of benzene rings is 1. The predicted octanol–water partition coefficient (Wildman–Crippen LogP) is 3.32. The van der Waals surface area contributed by atoms with Crippen molar-refractivity contribution >= 4 is 17.7 Å². The van der Waals surface area contributed by atoms with E-state index >= 15 is 0 Å². The van der Waals surface area contributed by atoms with Crippen molar-refractivity contribution in [2.75, 3.05) is 19.3 Å². The Bertz CT molecular complexity index is 417. The van der Waals surface area contributed by atoms with Gasteiger partial charge in [0.25, 0.3) is 0 Å². The molecule has 0 aliphatic rings. The van der Waals surface area contributed by atoms with E-state index in [0.717, 1.165) is 11.4 Å². The Labute approximate surface area is 127 Å². The molecule has 0 radical (unpaired) electrons. The molecule has 0 aliphatic heterocycles. The maximum atomic E-state index is 11.9. The van der Waals surface area contributed by atoms with Crippen molar-refractivity contribution in [3.63, 3.8) is 0 Å². The maximum Gasteiger partial charge on any atom is 0.232 e. The SMILES string of the molecule is CCNC(C)c1ccc(SCC(=O)N(C)C(C)C)cc1. The molecule has 0 aromatic heterocycles. The van der Waals surface area contributed by atoms with E-state index in [1.54, 1.807) is 16.7 Å². The average molecular weight is 294 g/mol. The highest BCUT2D eigenvalue weighted by molar-refractivity contribution is 8.00. The van der Waals surface area contributed by atoms with Crippen LogP contribution in [0.2, 0.25) is 0 Å². The molecule has 20 heavy (non-hydrogen) atoms. The Hall–Kier alpha value is -1.00. The minimum absolute atomic E-state index is 0.176. The van der Waals surface area contributed by atoms with Crippen molar-refractivity contribution < 1.29 is 4.79 Å². The van der Waals surface area contributed by atoms with Gasteiger partial charge >= 0.3 is 0 Å². The first-order valence-corrected chi connectivity index (χ1v) is 8.16. The number of carbonyl (C=O) groups is 1. The summed E-state index contributed by atoms with van der Waals surface area (Å²) in [4.78, 5) is 14.8. The summed E-state index contributed by atoms with van der Waals surface area (Å²) in [7, 11) is 1.86. The van der Waals surface area contributed by atoms with Crippen LogP contribution >= 0.6 is 11.8 Å². The van der Waals surface area contributed by atoms with Gasteiger partial charge in [0.15, 0.2) is 0 Å². The molecule has 1 aromatic carbocycles. The summed E-state index contributed by atoms with van der Waals surface area (Å²) in [5, 5.41) is 3.39. The summed E-state index contributed by atoms with van der Waals surface area (Å²) in [6, 6.07) is 9.07. The number of carbonyl (C=O) groups excluding carboxylic acids is 1. The van der Waals surface area contributed by atoms with Gasteiger partial charge in [-0.1, -0.05) is 19.1 Å². The number of amides is 1. The molecule has 0 spiro atoms. The van der Waals surface area contributed by atoms with E-state index in [9.17, 15) is 4.79 Å². The highest BCUT2D eigenvalue weighted by Gasteiger charge is 2.12. The molecule has 1 aromatic rings. The maximum absolute atomic E-state index is 11.9. The summed E-state index contributed by atoms with van der Waals surface area (Å²) in [6.45, 7) is 9.29. The van der Waals surface area contributed by atoms with Crippen molar-refractivity contribution in [3.8, 4) is 0 Å². The van der Waals surface area contributed by atoms with Crippen LogP contribution in [0.5, 0.6) is 0 Å². The molecule has 0 fully saturated rings. The van der Waals surface area contributed by atoms with Crippen LogP contribution in [0.1, 0.15) is 39.3 Å². The molecule has 3 nitrogen and oxygen atoms in total. The largest absolute Gasteiger partial charge is 0.343 e. The van der Waals surface area contributed by atoms with Crippen molar-refractivity contribution in [3.05, 3.63) is 29.8 Å². The average Bonchev–Trinajstić information content (AvgIpc) is 2.44. The zero-order chi connectivity index (χ0) is 15.1. The van der Waals surface area contributed by atoms with E-state index in [4.69, 9.17) is 0 Å². The molecule has 0 heterocycles. The number of nitrogens with one attached hydrogen (secondary N) is 1. The monoisotopic (exact) mass is 294 g/mol. The van der Waals surface area contributed by atoms with Crippen LogP contribution in [0.15, 0.2) is 29.2 Å². The molecule has 1 rings (SSSR count). The smallest absolute Gasteiger partial charge is 0.232 e. The predicted molar refractivity (Wildman–Crippen MR) is 87.2 cm³/mol. The lowest BCUT2D eigenvalue weighted by atomic mass is 10.1. The molecule has 0 bridgehead atoms. The van der Waals surface area contributed by atoms with Gasteiger partial charge in [0.05, 0.1) is 5.75 Å². The number of rotatable bonds is 7. The standard InChI is InChI=1S/C16H26N2OS/c1-6-17-13(4)14-7-9-15(10-8-14)20-11-16(19)18(5)12(2)3/h7-10,12-13,17H,6,11H2,1-5H3. The van der Waals surface area contributed by atoms with Crippen LogP contribution in [-0.4, -0.2) is 36.2 Å². The Morgan fingerprint density at radius 1 is 1.25 bits per heavy atom. The summed E-state index contributed by atoms with van der Waals surface area (Å²) < 4.78 is 0. The van der Waals surface area contributed by atoms with Crippen LogP contribution in [0.4, 0.5) is 0 Å². The minimum Gasteiger partial charge on any atom is -0.343 e. The van der Waals surface area contributed by atoms with E-state index in [-0.39, 0.29) is 11.9 Å². The van der Waals surface area contributed by atoms with E-state index in [2.05, 4.69) is 43.4 Å². The van der Waals surface area contributed by atoms with Crippen LogP contribution in [0.25, 0.3) is 0 Å². The summed E-state index contributed by atoms with van der Waals surface area (Å²) in [5.41, 5.74) is 1.28. The van der Waals surface area contributed by atoms with E-state index in [1.807, 2.05) is 20.9 Å². The lowest BCUT2D eigenvalue weighted by molar-refractivity contribution is -0.128. The first-order chi connectivity index (χ1) is 9.45. The lowest BCUT2D eigenvalue weighted by Crippen LogP contribution is -2.34. The van der Waals surface area contributed by atoms with Crippen molar-refractivity contribution in [1.82, 2.24) is 10.2 Å². The zero-order valence-corrected chi connectivity index (χ0v) is 14.0. The summed E-state index contributed by atoms with van der Waals surface area (Å²) in [5.74, 6) is 0.673. The molecular formula is C16H26N2OS. The topological polar surface area (TPSA) is 32.3 Å². The fraction of sp³-hybridized carbons (Fsp3) is 0.562. The normalized spacial score (nSPS) is 12.5. The number of hydrogen-bond donors (Lipinski definition) is 1. The molecule has 1 unspecified atom stereocenters. The van der Waals surface area contributed by atoms with Crippen LogP contribution in [0, 0.1) is 0 Å². The molecular weight excluding hydrogens is 268 g/mol. The zero-order valence-electron chi connectivity index (χ0n) is 13.1. The van der Waals surface area contributed by atoms with Crippen molar-refractivity contribution in [2.45, 2.75) is 44.7 Å². The third-order valence-electron chi connectivity index (χ3n) is 3.42. The molecule has 4 heteroatoms. The van der Waals surface area contributed by atoms with Gasteiger partial charge < -0.3 is 10.2 Å². The number of thioether (sulfide) groups is 1. The summed E-state index contributed by atoms with van der Waals surface area (Å²) in [6.07, 6.45) is 0. The molecule has 0 saturated carbocycles. The third kappa shape index (κ3) is 5.17. The first kappa shape index (κ1) is 17.1. The van der Waals surface area contributed by atoms with Crippen molar-refractivity contribution in [1.29, 1.82) is 0 Å². The fourth-order valence-corrected chi connectivity index (χ4v) is 2.63. The second-order valence-electron chi connectivity index (χ2n) is 5.24. The highest BCUT2D eigenvalue weighted by atomic mass is 32.2. The second kappa shape index (κ2) is 8.32. The van der Waals surface area contributed by atoms with E-state index < -0.39 is 0 Å². The Balaban J connectivity index is 2.52. The molecule has 0 aliphatic carbocycles. The van der Waals surface area contributed by atoms with Gasteiger partial charge in [0.2, 0.25) is 5.91 Å². The van der Waals surface area contributed by atoms with Gasteiger partial charge in [-0.05, 0) is 45.0 Å². The number of nitrogens with zero attached hydrogens (tertiary/aromatic N) is 1.